The van der Waals surface area contributed by atoms with Crippen LogP contribution in [0.4, 0.5) is 0 Å². The summed E-state index contributed by atoms with van der Waals surface area (Å²) in [6.07, 6.45) is 2.71. The molecule has 21 heavy (non-hydrogen) atoms. The van der Waals surface area contributed by atoms with E-state index in [2.05, 4.69) is 20.9 Å². The number of halogens is 1. The zero-order valence-corrected chi connectivity index (χ0v) is 13.8. The van der Waals surface area contributed by atoms with Gasteiger partial charge in [-0.05, 0) is 36.1 Å². The molecule has 2 aromatic rings. The Morgan fingerprint density at radius 3 is 2.57 bits per heavy atom. The molecule has 0 atom stereocenters. The van der Waals surface area contributed by atoms with Crippen molar-refractivity contribution < 1.29 is 5.11 Å². The van der Waals surface area contributed by atoms with Crippen molar-refractivity contribution >= 4 is 27.7 Å². The van der Waals surface area contributed by atoms with Gasteiger partial charge >= 0.3 is 5.69 Å². The number of H-pyrrole nitrogens is 1. The number of aromatic nitrogens is 2. The second-order valence-corrected chi connectivity index (χ2v) is 6.36. The van der Waals surface area contributed by atoms with Gasteiger partial charge in [0, 0.05) is 11.0 Å². The van der Waals surface area contributed by atoms with Crippen LogP contribution < -0.4 is 11.2 Å². The topological polar surface area (TPSA) is 75.1 Å². The van der Waals surface area contributed by atoms with Gasteiger partial charge in [0.2, 0.25) is 5.88 Å². The lowest BCUT2D eigenvalue weighted by Gasteiger charge is -2.11. The lowest BCUT2D eigenvalue weighted by atomic mass is 10.1. The van der Waals surface area contributed by atoms with Gasteiger partial charge < -0.3 is 5.11 Å². The number of rotatable bonds is 5. The van der Waals surface area contributed by atoms with Crippen LogP contribution in [-0.4, -0.2) is 26.7 Å². The molecular formula is C14H15BrN2O3S. The highest BCUT2D eigenvalue weighted by Crippen LogP contribution is 2.25. The van der Waals surface area contributed by atoms with Crippen molar-refractivity contribution in [2.75, 3.05) is 12.0 Å². The molecule has 1 heterocycles. The zero-order chi connectivity index (χ0) is 15.4. The zero-order valence-electron chi connectivity index (χ0n) is 11.4. The molecule has 0 aliphatic heterocycles. The molecule has 2 N–H and O–H groups in total. The van der Waals surface area contributed by atoms with Crippen molar-refractivity contribution in [3.8, 4) is 17.0 Å². The third-order valence-corrected chi connectivity index (χ3v) is 4.26. The van der Waals surface area contributed by atoms with Gasteiger partial charge in [-0.3, -0.25) is 14.3 Å². The molecule has 0 aliphatic rings. The third kappa shape index (κ3) is 3.59. The molecule has 0 bridgehead atoms. The summed E-state index contributed by atoms with van der Waals surface area (Å²) in [5, 5.41) is 10.3. The fraction of sp³-hybridized carbons (Fsp3) is 0.286. The van der Waals surface area contributed by atoms with Crippen LogP contribution in [-0.2, 0) is 6.54 Å². The molecule has 0 radical (unpaired) electrons. The van der Waals surface area contributed by atoms with Crippen LogP contribution in [0, 0.1) is 0 Å². The van der Waals surface area contributed by atoms with Gasteiger partial charge in [-0.25, -0.2) is 4.79 Å². The summed E-state index contributed by atoms with van der Waals surface area (Å²) in [7, 11) is 0. The second-order valence-electron chi connectivity index (χ2n) is 4.46. The van der Waals surface area contributed by atoms with Gasteiger partial charge in [0.1, 0.15) is 5.56 Å². The van der Waals surface area contributed by atoms with Gasteiger partial charge in [-0.1, -0.05) is 28.1 Å². The van der Waals surface area contributed by atoms with Gasteiger partial charge in [0.05, 0.1) is 0 Å². The Kier molecular flexibility index (Phi) is 5.30. The SMILES string of the molecule is CSCCCn1c(O)c(-c2ccc(Br)cc2)c(=O)[nH]c1=O. The Hall–Kier alpha value is -1.47. The maximum atomic E-state index is 12.0. The van der Waals surface area contributed by atoms with E-state index >= 15 is 0 Å². The van der Waals surface area contributed by atoms with Crippen LogP contribution >= 0.6 is 27.7 Å². The molecular weight excluding hydrogens is 356 g/mol. The summed E-state index contributed by atoms with van der Waals surface area (Å²) in [4.78, 5) is 26.1. The molecule has 0 spiro atoms. The number of hydrogen-bond donors (Lipinski definition) is 2. The number of hydrogen-bond acceptors (Lipinski definition) is 4. The van der Waals surface area contributed by atoms with E-state index in [1.54, 1.807) is 36.0 Å². The van der Waals surface area contributed by atoms with Gasteiger partial charge in [-0.15, -0.1) is 0 Å². The lowest BCUT2D eigenvalue weighted by molar-refractivity contribution is 0.402. The van der Waals surface area contributed by atoms with Crippen molar-refractivity contribution in [3.63, 3.8) is 0 Å². The highest BCUT2D eigenvalue weighted by molar-refractivity contribution is 9.10. The summed E-state index contributed by atoms with van der Waals surface area (Å²) >= 11 is 4.98. The van der Waals surface area contributed by atoms with E-state index in [4.69, 9.17) is 0 Å². The molecule has 1 aromatic heterocycles. The first-order valence-corrected chi connectivity index (χ1v) is 8.54. The number of benzene rings is 1. The normalized spacial score (nSPS) is 10.8. The van der Waals surface area contributed by atoms with Crippen molar-refractivity contribution in [1.29, 1.82) is 0 Å². The molecule has 1 aromatic carbocycles. The van der Waals surface area contributed by atoms with Crippen molar-refractivity contribution in [1.82, 2.24) is 9.55 Å². The van der Waals surface area contributed by atoms with Crippen molar-refractivity contribution in [2.24, 2.45) is 0 Å². The van der Waals surface area contributed by atoms with Crippen LogP contribution in [0.15, 0.2) is 38.3 Å². The Labute approximate surface area is 134 Å². The maximum absolute atomic E-state index is 12.0. The minimum atomic E-state index is -0.584. The Balaban J connectivity index is 2.51. The van der Waals surface area contributed by atoms with Crippen molar-refractivity contribution in [2.45, 2.75) is 13.0 Å². The molecule has 0 fully saturated rings. The first-order chi connectivity index (χ1) is 10.0. The molecule has 7 heteroatoms. The van der Waals surface area contributed by atoms with Gasteiger partial charge in [0.25, 0.3) is 5.56 Å². The fourth-order valence-corrected chi connectivity index (χ4v) is 2.69. The predicted molar refractivity (Wildman–Crippen MR) is 89.1 cm³/mol. The van der Waals surface area contributed by atoms with E-state index in [9.17, 15) is 14.7 Å². The molecule has 0 aliphatic carbocycles. The maximum Gasteiger partial charge on any atom is 0.331 e. The Morgan fingerprint density at radius 2 is 1.95 bits per heavy atom. The molecule has 0 amide bonds. The highest BCUT2D eigenvalue weighted by atomic mass is 79.9. The van der Waals surface area contributed by atoms with Crippen LogP contribution in [0.1, 0.15) is 6.42 Å². The number of nitrogens with zero attached hydrogens (tertiary/aromatic N) is 1. The summed E-state index contributed by atoms with van der Waals surface area (Å²) in [6, 6.07) is 6.98. The van der Waals surface area contributed by atoms with Crippen LogP contribution in [0.3, 0.4) is 0 Å². The molecule has 0 saturated carbocycles. The quantitative estimate of drug-likeness (QED) is 0.792. The molecule has 112 valence electrons. The standard InChI is InChI=1S/C14H15BrN2O3S/c1-21-8-2-7-17-13(19)11(12(18)16-14(17)20)9-3-5-10(15)6-4-9/h3-6,19H,2,7-8H2,1H3,(H,16,18,20). The second kappa shape index (κ2) is 7.00. The van der Waals surface area contributed by atoms with E-state index in [1.807, 2.05) is 6.26 Å². The van der Waals surface area contributed by atoms with Gasteiger partial charge in [0.15, 0.2) is 0 Å². The molecule has 2 rings (SSSR count). The number of nitrogens with one attached hydrogen (secondary N) is 1. The van der Waals surface area contributed by atoms with Crippen LogP contribution in [0.5, 0.6) is 5.88 Å². The number of thioether (sulfide) groups is 1. The number of aromatic hydroxyl groups is 1. The Bertz CT molecular complexity index is 737. The Morgan fingerprint density at radius 1 is 1.29 bits per heavy atom. The van der Waals surface area contributed by atoms with E-state index in [-0.39, 0.29) is 11.4 Å². The molecule has 5 nitrogen and oxygen atoms in total. The monoisotopic (exact) mass is 370 g/mol. The largest absolute Gasteiger partial charge is 0.494 e. The first-order valence-electron chi connectivity index (χ1n) is 6.35. The van der Waals surface area contributed by atoms with Crippen LogP contribution in [0.25, 0.3) is 11.1 Å². The molecule has 0 unspecified atom stereocenters. The van der Waals surface area contributed by atoms with Gasteiger partial charge in [-0.2, -0.15) is 11.8 Å². The highest BCUT2D eigenvalue weighted by Gasteiger charge is 2.15. The summed E-state index contributed by atoms with van der Waals surface area (Å²) in [5.74, 6) is 0.589. The third-order valence-electron chi connectivity index (χ3n) is 3.04. The smallest absolute Gasteiger partial charge is 0.331 e. The fourth-order valence-electron chi connectivity index (χ4n) is 2.01. The molecule has 0 saturated heterocycles. The number of aromatic amines is 1. The van der Waals surface area contributed by atoms with E-state index in [0.717, 1.165) is 16.6 Å². The minimum absolute atomic E-state index is 0.117. The van der Waals surface area contributed by atoms with E-state index in [0.29, 0.717) is 12.1 Å². The summed E-state index contributed by atoms with van der Waals surface area (Å²) in [5.41, 5.74) is -0.484. The average Bonchev–Trinajstić information content (AvgIpc) is 2.44. The lowest BCUT2D eigenvalue weighted by Crippen LogP contribution is -2.31. The summed E-state index contributed by atoms with van der Waals surface area (Å²) in [6.45, 7) is 0.367. The first kappa shape index (κ1) is 15.9. The van der Waals surface area contributed by atoms with E-state index < -0.39 is 11.2 Å². The predicted octanol–water partition coefficient (Wildman–Crippen LogP) is 2.42. The average molecular weight is 371 g/mol. The van der Waals surface area contributed by atoms with Crippen LogP contribution in [0.2, 0.25) is 0 Å². The minimum Gasteiger partial charge on any atom is -0.494 e. The van der Waals surface area contributed by atoms with E-state index in [1.165, 1.54) is 4.57 Å². The summed E-state index contributed by atoms with van der Waals surface area (Å²) < 4.78 is 2.07. The van der Waals surface area contributed by atoms with Crippen molar-refractivity contribution in [3.05, 3.63) is 49.6 Å².